The number of aliphatic carboxylic acids is 1. The van der Waals surface area contributed by atoms with Crippen LogP contribution in [0.1, 0.15) is 27.2 Å². The van der Waals surface area contributed by atoms with E-state index in [1.807, 2.05) is 0 Å². The van der Waals surface area contributed by atoms with Crippen molar-refractivity contribution in [1.29, 1.82) is 0 Å². The second kappa shape index (κ2) is 6.23. The average molecular weight is 340 g/mol. The first-order valence-electron chi connectivity index (χ1n) is 7.05. The van der Waals surface area contributed by atoms with Gasteiger partial charge in [-0.2, -0.15) is 0 Å². The van der Waals surface area contributed by atoms with Gasteiger partial charge in [0.1, 0.15) is 10.6 Å². The lowest BCUT2D eigenvalue weighted by Crippen LogP contribution is -2.62. The third kappa shape index (κ3) is 4.47. The Balaban J connectivity index is 2.08. The van der Waals surface area contributed by atoms with Crippen molar-refractivity contribution in [3.8, 4) is 0 Å². The van der Waals surface area contributed by atoms with Crippen LogP contribution in [-0.4, -0.2) is 55.5 Å². The van der Waals surface area contributed by atoms with E-state index in [0.717, 1.165) is 0 Å². The highest BCUT2D eigenvalue weighted by molar-refractivity contribution is 8.00. The zero-order valence-corrected chi connectivity index (χ0v) is 14.1. The van der Waals surface area contributed by atoms with Gasteiger partial charge in [0, 0.05) is 25.5 Å². The fourth-order valence-electron chi connectivity index (χ4n) is 2.21. The van der Waals surface area contributed by atoms with E-state index in [-0.39, 0.29) is 25.3 Å². The van der Waals surface area contributed by atoms with Crippen molar-refractivity contribution in [2.24, 2.45) is 0 Å². The maximum Gasteiger partial charge on any atom is 0.410 e. The smallest absolute Gasteiger partial charge is 0.410 e. The number of nitrogen functional groups attached to an aromatic ring is 1. The number of hydrogen-bond acceptors (Lipinski definition) is 7. The number of carbonyl (C=O) groups is 2. The number of nitrogens with zero attached hydrogens (tertiary/aromatic N) is 3. The first-order valence-corrected chi connectivity index (χ1v) is 7.87. The summed E-state index contributed by atoms with van der Waals surface area (Å²) in [6, 6.07) is 0. The summed E-state index contributed by atoms with van der Waals surface area (Å²) in [7, 11) is 0. The SMILES string of the molecule is CC(C)(C)OC(=O)N1CC(CC(=O)O)(Sc2nccnc2N)C1. The minimum absolute atomic E-state index is 0.104. The molecule has 1 aliphatic heterocycles. The molecule has 2 heterocycles. The Morgan fingerprint density at radius 2 is 2.00 bits per heavy atom. The number of anilines is 1. The van der Waals surface area contributed by atoms with E-state index < -0.39 is 22.4 Å². The fourth-order valence-corrected chi connectivity index (χ4v) is 3.53. The number of amides is 1. The van der Waals surface area contributed by atoms with Crippen LogP contribution in [0.3, 0.4) is 0 Å². The van der Waals surface area contributed by atoms with Crippen molar-refractivity contribution in [2.45, 2.75) is 42.6 Å². The van der Waals surface area contributed by atoms with E-state index in [1.54, 1.807) is 20.8 Å². The number of thioether (sulfide) groups is 1. The summed E-state index contributed by atoms with van der Waals surface area (Å²) >= 11 is 1.24. The molecule has 8 nitrogen and oxygen atoms in total. The maximum atomic E-state index is 12.0. The molecule has 1 fully saturated rings. The van der Waals surface area contributed by atoms with Gasteiger partial charge in [0.15, 0.2) is 5.82 Å². The van der Waals surface area contributed by atoms with Crippen LogP contribution in [0.2, 0.25) is 0 Å². The third-order valence-electron chi connectivity index (χ3n) is 3.09. The fraction of sp³-hybridized carbons (Fsp3) is 0.571. The topological polar surface area (TPSA) is 119 Å². The molecule has 0 bridgehead atoms. The quantitative estimate of drug-likeness (QED) is 0.848. The zero-order valence-electron chi connectivity index (χ0n) is 13.3. The molecule has 1 aliphatic rings. The summed E-state index contributed by atoms with van der Waals surface area (Å²) in [5.41, 5.74) is 5.18. The Bertz CT molecular complexity index is 611. The minimum Gasteiger partial charge on any atom is -0.481 e. The number of likely N-dealkylation sites (tertiary alicyclic amines) is 1. The molecule has 1 aromatic rings. The molecule has 0 aliphatic carbocycles. The van der Waals surface area contributed by atoms with Crippen LogP contribution in [0.25, 0.3) is 0 Å². The second-order valence-electron chi connectivity index (χ2n) is 6.44. The Hall–Kier alpha value is -2.03. The molecule has 126 valence electrons. The highest BCUT2D eigenvalue weighted by atomic mass is 32.2. The number of carboxylic acid groups (broad SMARTS) is 1. The molecule has 0 saturated carbocycles. The van der Waals surface area contributed by atoms with Crippen LogP contribution in [0, 0.1) is 0 Å². The van der Waals surface area contributed by atoms with Gasteiger partial charge in [-0.15, -0.1) is 0 Å². The second-order valence-corrected chi connectivity index (χ2v) is 7.90. The molecule has 9 heteroatoms. The van der Waals surface area contributed by atoms with Crippen molar-refractivity contribution in [3.05, 3.63) is 12.4 Å². The molecule has 0 spiro atoms. The Kier molecular flexibility index (Phi) is 4.69. The van der Waals surface area contributed by atoms with Crippen LogP contribution < -0.4 is 5.73 Å². The van der Waals surface area contributed by atoms with Gasteiger partial charge in [-0.1, -0.05) is 11.8 Å². The lowest BCUT2D eigenvalue weighted by atomic mass is 9.95. The minimum atomic E-state index is -0.941. The molecule has 1 saturated heterocycles. The largest absolute Gasteiger partial charge is 0.481 e. The van der Waals surface area contributed by atoms with Crippen molar-refractivity contribution in [2.75, 3.05) is 18.8 Å². The normalized spacial score (nSPS) is 16.6. The first-order chi connectivity index (χ1) is 10.6. The molecule has 1 amide bonds. The Morgan fingerprint density at radius 1 is 1.39 bits per heavy atom. The molecule has 23 heavy (non-hydrogen) atoms. The number of aromatic nitrogens is 2. The van der Waals surface area contributed by atoms with Gasteiger partial charge < -0.3 is 20.5 Å². The van der Waals surface area contributed by atoms with Crippen LogP contribution >= 0.6 is 11.8 Å². The Morgan fingerprint density at radius 3 is 2.52 bits per heavy atom. The standard InChI is InChI=1S/C14H20N4O4S/c1-13(2,3)22-12(21)18-7-14(8-18,6-9(19)20)23-11-10(15)16-4-5-17-11/h4-5H,6-8H2,1-3H3,(H2,15,16)(H,19,20). The van der Waals surface area contributed by atoms with Gasteiger partial charge in [0.25, 0.3) is 0 Å². The van der Waals surface area contributed by atoms with Crippen LogP contribution in [0.4, 0.5) is 10.6 Å². The van der Waals surface area contributed by atoms with Crippen LogP contribution in [-0.2, 0) is 9.53 Å². The van der Waals surface area contributed by atoms with E-state index in [2.05, 4.69) is 9.97 Å². The van der Waals surface area contributed by atoms with Crippen LogP contribution in [0.5, 0.6) is 0 Å². The molecular formula is C14H20N4O4S. The number of carboxylic acids is 1. The molecule has 0 radical (unpaired) electrons. The molecule has 3 N–H and O–H groups in total. The molecule has 0 aromatic carbocycles. The van der Waals surface area contributed by atoms with Gasteiger partial charge in [0.05, 0.1) is 11.2 Å². The van der Waals surface area contributed by atoms with Gasteiger partial charge >= 0.3 is 12.1 Å². The summed E-state index contributed by atoms with van der Waals surface area (Å²) in [4.78, 5) is 32.8. The average Bonchev–Trinajstić information content (AvgIpc) is 2.35. The van der Waals surface area contributed by atoms with E-state index in [4.69, 9.17) is 15.6 Å². The zero-order chi connectivity index (χ0) is 17.3. The van der Waals surface area contributed by atoms with E-state index >= 15 is 0 Å². The van der Waals surface area contributed by atoms with E-state index in [0.29, 0.717) is 5.03 Å². The van der Waals surface area contributed by atoms with Gasteiger partial charge in [-0.05, 0) is 20.8 Å². The molecule has 1 aromatic heterocycles. The number of nitrogens with two attached hydrogens (primary N) is 1. The summed E-state index contributed by atoms with van der Waals surface area (Å²) in [5.74, 6) is -0.693. The maximum absolute atomic E-state index is 12.0. The summed E-state index contributed by atoms with van der Waals surface area (Å²) in [5, 5.41) is 9.63. The van der Waals surface area contributed by atoms with Gasteiger partial charge in [-0.25, -0.2) is 14.8 Å². The highest BCUT2D eigenvalue weighted by Gasteiger charge is 2.49. The van der Waals surface area contributed by atoms with E-state index in [9.17, 15) is 9.59 Å². The number of rotatable bonds is 4. The van der Waals surface area contributed by atoms with E-state index in [1.165, 1.54) is 29.1 Å². The number of ether oxygens (including phenoxy) is 1. The predicted molar refractivity (Wildman–Crippen MR) is 85.1 cm³/mol. The molecular weight excluding hydrogens is 320 g/mol. The number of hydrogen-bond donors (Lipinski definition) is 2. The van der Waals surface area contributed by atoms with Gasteiger partial charge in [-0.3, -0.25) is 4.79 Å². The predicted octanol–water partition coefficient (Wildman–Crippen LogP) is 1.62. The highest BCUT2D eigenvalue weighted by Crippen LogP contribution is 2.43. The Labute approximate surface area is 138 Å². The summed E-state index contributed by atoms with van der Waals surface area (Å²) in [6.07, 6.45) is 2.41. The monoisotopic (exact) mass is 340 g/mol. The van der Waals surface area contributed by atoms with Crippen molar-refractivity contribution in [3.63, 3.8) is 0 Å². The van der Waals surface area contributed by atoms with Crippen LogP contribution in [0.15, 0.2) is 17.4 Å². The van der Waals surface area contributed by atoms with Crippen molar-refractivity contribution >= 4 is 29.6 Å². The van der Waals surface area contributed by atoms with Gasteiger partial charge in [0.2, 0.25) is 0 Å². The van der Waals surface area contributed by atoms with Crippen molar-refractivity contribution in [1.82, 2.24) is 14.9 Å². The molecule has 0 unspecified atom stereocenters. The first kappa shape index (κ1) is 17.3. The summed E-state index contributed by atoms with van der Waals surface area (Å²) < 4.78 is 4.62. The third-order valence-corrected chi connectivity index (χ3v) is 4.43. The summed E-state index contributed by atoms with van der Waals surface area (Å²) in [6.45, 7) is 5.86. The lowest BCUT2D eigenvalue weighted by Gasteiger charge is -2.48. The lowest BCUT2D eigenvalue weighted by molar-refractivity contribution is -0.138. The number of carbonyl (C=O) groups excluding carboxylic acids is 1. The van der Waals surface area contributed by atoms with Crippen molar-refractivity contribution < 1.29 is 19.4 Å². The molecule has 2 rings (SSSR count). The molecule has 0 atom stereocenters.